The number of ether oxygens (including phenoxy) is 1. The molecule has 2 N–H and O–H groups in total. The zero-order chi connectivity index (χ0) is 25.0. The number of amides is 1. The lowest BCUT2D eigenvalue weighted by Gasteiger charge is -2.29. The minimum absolute atomic E-state index is 0.0810. The maximum absolute atomic E-state index is 12.8. The highest BCUT2D eigenvalue weighted by atomic mass is 32.2. The van der Waals surface area contributed by atoms with Crippen molar-refractivity contribution in [3.63, 3.8) is 0 Å². The van der Waals surface area contributed by atoms with Crippen LogP contribution < -0.4 is 4.72 Å². The Morgan fingerprint density at radius 1 is 1.29 bits per heavy atom. The number of H-pyrrole nitrogens is 1. The van der Waals surface area contributed by atoms with E-state index in [-0.39, 0.29) is 11.0 Å². The summed E-state index contributed by atoms with van der Waals surface area (Å²) in [5, 5.41) is 10.8. The quantitative estimate of drug-likeness (QED) is 0.566. The average molecular weight is 495 g/mol. The van der Waals surface area contributed by atoms with Crippen molar-refractivity contribution < 1.29 is 17.9 Å². The molecule has 1 saturated carbocycles. The normalized spacial score (nSPS) is 17.8. The lowest BCUT2D eigenvalue weighted by molar-refractivity contribution is 0.0270. The van der Waals surface area contributed by atoms with Crippen molar-refractivity contribution >= 4 is 43.6 Å². The Kier molecular flexibility index (Phi) is 5.34. The molecule has 2 aliphatic rings. The maximum Gasteiger partial charge on any atom is 0.410 e. The predicted molar refractivity (Wildman–Crippen MR) is 130 cm³/mol. The third-order valence-electron chi connectivity index (χ3n) is 6.13. The van der Waals surface area contributed by atoms with Crippen LogP contribution in [0.15, 0.2) is 35.5 Å². The van der Waals surface area contributed by atoms with E-state index in [0.29, 0.717) is 43.5 Å². The molecule has 1 aromatic carbocycles. The maximum atomic E-state index is 12.8. The van der Waals surface area contributed by atoms with Crippen molar-refractivity contribution in [2.75, 3.05) is 13.1 Å². The fourth-order valence-corrected chi connectivity index (χ4v) is 5.58. The van der Waals surface area contributed by atoms with Crippen LogP contribution in [-0.2, 0) is 14.8 Å². The zero-order valence-corrected chi connectivity index (χ0v) is 20.6. The number of nitrogens with one attached hydrogen (secondary N) is 2. The first-order valence-electron chi connectivity index (χ1n) is 11.4. The molecule has 3 heterocycles. The first-order valence-corrected chi connectivity index (χ1v) is 12.9. The number of hydrogen-bond donors (Lipinski definition) is 2. The van der Waals surface area contributed by atoms with Crippen molar-refractivity contribution in [1.82, 2.24) is 24.6 Å². The summed E-state index contributed by atoms with van der Waals surface area (Å²) < 4.78 is 33.7. The van der Waals surface area contributed by atoms with Gasteiger partial charge in [0.15, 0.2) is 0 Å². The van der Waals surface area contributed by atoms with Gasteiger partial charge in [0.05, 0.1) is 22.0 Å². The molecule has 3 aromatic rings. The van der Waals surface area contributed by atoms with Crippen LogP contribution >= 0.6 is 0 Å². The Bertz CT molecular complexity index is 1520. The van der Waals surface area contributed by atoms with Gasteiger partial charge in [-0.2, -0.15) is 9.98 Å². The van der Waals surface area contributed by atoms with Crippen LogP contribution in [-0.4, -0.2) is 58.6 Å². The average Bonchev–Trinajstić information content (AvgIpc) is 3.46. The van der Waals surface area contributed by atoms with E-state index in [2.05, 4.69) is 19.7 Å². The number of rotatable bonds is 4. The van der Waals surface area contributed by atoms with Gasteiger partial charge >= 0.3 is 6.09 Å². The van der Waals surface area contributed by atoms with E-state index >= 15 is 0 Å². The van der Waals surface area contributed by atoms with E-state index in [1.807, 2.05) is 32.9 Å². The molecule has 35 heavy (non-hydrogen) atoms. The second-order valence-electron chi connectivity index (χ2n) is 9.98. The van der Waals surface area contributed by atoms with Crippen LogP contribution in [0.1, 0.15) is 45.7 Å². The van der Waals surface area contributed by atoms with Crippen LogP contribution in [0.4, 0.5) is 4.79 Å². The van der Waals surface area contributed by atoms with Crippen LogP contribution in [0.3, 0.4) is 0 Å². The molecule has 5 rings (SSSR count). The van der Waals surface area contributed by atoms with Crippen LogP contribution in [0.2, 0.25) is 0 Å². The summed E-state index contributed by atoms with van der Waals surface area (Å²) in [6.45, 7) is 6.43. The topological polar surface area (TPSA) is 141 Å². The van der Waals surface area contributed by atoms with Gasteiger partial charge in [-0.3, -0.25) is 0 Å². The van der Waals surface area contributed by atoms with Crippen molar-refractivity contribution in [2.45, 2.75) is 56.1 Å². The summed E-state index contributed by atoms with van der Waals surface area (Å²) in [6.07, 6.45) is 4.71. The highest BCUT2D eigenvalue weighted by Crippen LogP contribution is 2.37. The number of aromatic amines is 1. The SMILES string of the molecule is CC(C)(C)OC(=O)N1CC=C(c2ncnc3[nH]c4cc(S(=O)(=O)NC5(C#N)CC5)ccc4c23)CC1. The lowest BCUT2D eigenvalue weighted by atomic mass is 10.0. The summed E-state index contributed by atoms with van der Waals surface area (Å²) in [5.74, 6) is 0. The fraction of sp³-hybridized carbons (Fsp3) is 0.417. The molecule has 1 fully saturated rings. The van der Waals surface area contributed by atoms with E-state index in [0.717, 1.165) is 22.0 Å². The Labute approximate surface area is 203 Å². The van der Waals surface area contributed by atoms with E-state index < -0.39 is 21.2 Å². The lowest BCUT2D eigenvalue weighted by Crippen LogP contribution is -2.39. The monoisotopic (exact) mass is 494 g/mol. The molecule has 11 heteroatoms. The van der Waals surface area contributed by atoms with E-state index in [1.165, 1.54) is 12.4 Å². The van der Waals surface area contributed by atoms with E-state index in [9.17, 15) is 18.5 Å². The van der Waals surface area contributed by atoms with Gasteiger partial charge in [-0.15, -0.1) is 0 Å². The number of carbonyl (C=O) groups is 1. The summed E-state index contributed by atoms with van der Waals surface area (Å²) in [5.41, 5.74) is 1.39. The molecular weight excluding hydrogens is 468 g/mol. The number of fused-ring (bicyclic) bond motifs is 3. The van der Waals surface area contributed by atoms with Crippen molar-refractivity contribution in [2.24, 2.45) is 0 Å². The van der Waals surface area contributed by atoms with Gasteiger partial charge in [0.2, 0.25) is 10.0 Å². The van der Waals surface area contributed by atoms with Gasteiger partial charge in [0.1, 0.15) is 23.1 Å². The molecule has 0 spiro atoms. The molecule has 182 valence electrons. The zero-order valence-electron chi connectivity index (χ0n) is 19.8. The molecular formula is C24H26N6O4S. The van der Waals surface area contributed by atoms with Gasteiger partial charge in [-0.1, -0.05) is 12.1 Å². The number of aromatic nitrogens is 3. The number of nitrogens with zero attached hydrogens (tertiary/aromatic N) is 4. The third kappa shape index (κ3) is 4.47. The fourth-order valence-electron chi connectivity index (χ4n) is 4.17. The van der Waals surface area contributed by atoms with Gasteiger partial charge in [-0.25, -0.2) is 23.2 Å². The molecule has 1 amide bonds. The van der Waals surface area contributed by atoms with E-state index in [1.54, 1.807) is 17.0 Å². The Morgan fingerprint density at radius 3 is 2.69 bits per heavy atom. The highest BCUT2D eigenvalue weighted by Gasteiger charge is 2.46. The molecule has 10 nitrogen and oxygen atoms in total. The minimum atomic E-state index is -3.84. The number of hydrogen-bond acceptors (Lipinski definition) is 7. The number of nitriles is 1. The van der Waals surface area contributed by atoms with Crippen molar-refractivity contribution in [3.8, 4) is 6.07 Å². The number of benzene rings is 1. The van der Waals surface area contributed by atoms with Crippen LogP contribution in [0.5, 0.6) is 0 Å². The molecule has 0 saturated heterocycles. The Morgan fingerprint density at radius 2 is 2.06 bits per heavy atom. The Hall–Kier alpha value is -3.49. The molecule has 0 unspecified atom stereocenters. The van der Waals surface area contributed by atoms with Gasteiger partial charge in [-0.05, 0) is 57.7 Å². The first-order chi connectivity index (χ1) is 16.5. The summed E-state index contributed by atoms with van der Waals surface area (Å²) in [6, 6.07) is 6.86. The second kappa shape index (κ2) is 8.03. The smallest absolute Gasteiger partial charge is 0.410 e. The van der Waals surface area contributed by atoms with Gasteiger partial charge in [0.25, 0.3) is 0 Å². The van der Waals surface area contributed by atoms with Crippen molar-refractivity contribution in [1.29, 1.82) is 5.26 Å². The van der Waals surface area contributed by atoms with Crippen LogP contribution in [0, 0.1) is 11.3 Å². The second-order valence-corrected chi connectivity index (χ2v) is 11.7. The van der Waals surface area contributed by atoms with Gasteiger partial charge < -0.3 is 14.6 Å². The molecule has 1 aliphatic heterocycles. The summed E-state index contributed by atoms with van der Waals surface area (Å²) in [4.78, 5) is 26.2. The number of sulfonamides is 1. The molecule has 0 radical (unpaired) electrons. The minimum Gasteiger partial charge on any atom is -0.444 e. The first kappa shape index (κ1) is 23.3. The standard InChI is InChI=1S/C24H26N6O4S/c1-23(2,3)34-22(31)30-10-6-15(7-11-30)20-19-17-5-4-16(12-18(17)28-21(19)27-14-26-20)35(32,33)29-24(13-25)8-9-24/h4-6,12,14,29H,7-11H2,1-3H3,(H,26,27,28). The summed E-state index contributed by atoms with van der Waals surface area (Å²) in [7, 11) is -3.84. The van der Waals surface area contributed by atoms with E-state index in [4.69, 9.17) is 4.74 Å². The molecule has 2 aromatic heterocycles. The van der Waals surface area contributed by atoms with Gasteiger partial charge in [0, 0.05) is 24.0 Å². The Balaban J connectivity index is 1.47. The third-order valence-corrected chi connectivity index (χ3v) is 7.66. The molecule has 0 atom stereocenters. The molecule has 1 aliphatic carbocycles. The number of carbonyl (C=O) groups excluding carboxylic acids is 1. The largest absolute Gasteiger partial charge is 0.444 e. The highest BCUT2D eigenvalue weighted by molar-refractivity contribution is 7.89. The predicted octanol–water partition coefficient (Wildman–Crippen LogP) is 3.47. The molecule has 0 bridgehead atoms. The van der Waals surface area contributed by atoms with Crippen molar-refractivity contribution in [3.05, 3.63) is 36.3 Å². The summed E-state index contributed by atoms with van der Waals surface area (Å²) >= 11 is 0. The van der Waals surface area contributed by atoms with Crippen LogP contribution in [0.25, 0.3) is 27.5 Å².